The normalized spacial score (nSPS) is 12.0. The number of rotatable bonds is 9. The molecule has 3 rings (SSSR count). The average molecular weight is 389 g/mol. The van der Waals surface area contributed by atoms with Crippen LogP contribution in [0.25, 0.3) is 0 Å². The highest BCUT2D eigenvalue weighted by molar-refractivity contribution is 5.32. The zero-order chi connectivity index (χ0) is 20.6. The van der Waals surface area contributed by atoms with Crippen molar-refractivity contribution in [1.82, 2.24) is 4.57 Å². The highest BCUT2D eigenvalue weighted by atomic mass is 16.5. The number of hydrogen-bond acceptors (Lipinski definition) is 2. The number of aromatic nitrogens is 1. The number of nitriles is 1. The van der Waals surface area contributed by atoms with Crippen LogP contribution in [0.15, 0.2) is 66.9 Å². The van der Waals surface area contributed by atoms with Crippen molar-refractivity contribution in [3.63, 3.8) is 0 Å². The number of ether oxygens (including phenoxy) is 1. The van der Waals surface area contributed by atoms with Crippen LogP contribution in [0.1, 0.15) is 36.2 Å². The first-order valence-corrected chi connectivity index (χ1v) is 10.2. The van der Waals surface area contributed by atoms with Crippen LogP contribution >= 0.6 is 0 Å². The molecule has 0 spiro atoms. The van der Waals surface area contributed by atoms with E-state index in [0.717, 1.165) is 37.5 Å². The molecule has 0 saturated heterocycles. The Morgan fingerprint density at radius 3 is 2.55 bits per heavy atom. The predicted octanol–water partition coefficient (Wildman–Crippen LogP) is 3.66. The first-order chi connectivity index (χ1) is 14.1. The van der Waals surface area contributed by atoms with E-state index < -0.39 is 0 Å². The topological polar surface area (TPSA) is 42.4 Å². The van der Waals surface area contributed by atoms with Crippen molar-refractivity contribution in [3.8, 4) is 11.8 Å². The van der Waals surface area contributed by atoms with Crippen LogP contribution in [0.5, 0.6) is 5.75 Å². The molecule has 1 unspecified atom stereocenters. The molecule has 0 fully saturated rings. The van der Waals surface area contributed by atoms with Gasteiger partial charge in [-0.2, -0.15) is 5.26 Å². The molecule has 150 valence electrons. The Kier molecular flexibility index (Phi) is 7.10. The Hall–Kier alpha value is -3.03. The highest BCUT2D eigenvalue weighted by Gasteiger charge is 2.15. The van der Waals surface area contributed by atoms with Gasteiger partial charge in [-0.15, -0.1) is 0 Å². The van der Waals surface area contributed by atoms with Gasteiger partial charge in [-0.3, -0.25) is 0 Å². The van der Waals surface area contributed by atoms with E-state index >= 15 is 0 Å². The molecular weight excluding hydrogens is 358 g/mol. The van der Waals surface area contributed by atoms with E-state index in [9.17, 15) is 5.26 Å². The molecule has 0 amide bonds. The van der Waals surface area contributed by atoms with E-state index in [4.69, 9.17) is 4.74 Å². The summed E-state index contributed by atoms with van der Waals surface area (Å²) >= 11 is 0. The summed E-state index contributed by atoms with van der Waals surface area (Å²) < 4.78 is 7.68. The van der Waals surface area contributed by atoms with Crippen molar-refractivity contribution < 1.29 is 9.64 Å². The quantitative estimate of drug-likeness (QED) is 0.608. The van der Waals surface area contributed by atoms with Gasteiger partial charge in [0.05, 0.1) is 31.0 Å². The summed E-state index contributed by atoms with van der Waals surface area (Å²) in [4.78, 5) is 1.50. The van der Waals surface area contributed by atoms with Crippen LogP contribution in [-0.4, -0.2) is 18.2 Å². The molecule has 1 aromatic heterocycles. The summed E-state index contributed by atoms with van der Waals surface area (Å²) in [5.74, 6) is 1.49. The lowest BCUT2D eigenvalue weighted by atomic mass is 10.1. The van der Waals surface area contributed by atoms with E-state index in [-0.39, 0.29) is 0 Å². The van der Waals surface area contributed by atoms with Crippen LogP contribution in [0.2, 0.25) is 0 Å². The number of hydrogen-bond donors (Lipinski definition) is 1. The van der Waals surface area contributed by atoms with Crippen molar-refractivity contribution in [2.45, 2.75) is 33.5 Å². The van der Waals surface area contributed by atoms with Crippen LogP contribution in [0.4, 0.5) is 0 Å². The van der Waals surface area contributed by atoms with Gasteiger partial charge in [0.25, 0.3) is 0 Å². The maximum atomic E-state index is 9.19. The minimum absolute atomic E-state index is 0.603. The standard InChI is InChI=1S/C25H29N3O/c1-20(2)16-27(17-22-8-4-7-21(13-22)15-26)19-24-10-6-12-28(24)18-23-9-5-11-25(14-23)29-3/h4-14,20H,16-19H2,1-3H3/p+1. The van der Waals surface area contributed by atoms with Gasteiger partial charge in [-0.25, -0.2) is 0 Å². The third-order valence-electron chi connectivity index (χ3n) is 5.05. The molecule has 4 heteroatoms. The van der Waals surface area contributed by atoms with Gasteiger partial charge in [0.1, 0.15) is 18.8 Å². The Morgan fingerprint density at radius 2 is 1.79 bits per heavy atom. The molecule has 4 nitrogen and oxygen atoms in total. The van der Waals surface area contributed by atoms with E-state index in [2.05, 4.69) is 61.0 Å². The van der Waals surface area contributed by atoms with E-state index in [0.29, 0.717) is 5.92 Å². The van der Waals surface area contributed by atoms with Crippen LogP contribution in [-0.2, 0) is 19.6 Å². The van der Waals surface area contributed by atoms with Crippen LogP contribution in [0.3, 0.4) is 0 Å². The van der Waals surface area contributed by atoms with Gasteiger partial charge in [0.2, 0.25) is 0 Å². The maximum Gasteiger partial charge on any atom is 0.119 e. The van der Waals surface area contributed by atoms with Crippen molar-refractivity contribution in [1.29, 1.82) is 5.26 Å². The first-order valence-electron chi connectivity index (χ1n) is 10.2. The molecule has 1 N–H and O–H groups in total. The van der Waals surface area contributed by atoms with Crippen molar-refractivity contribution >= 4 is 0 Å². The van der Waals surface area contributed by atoms with Gasteiger partial charge in [0, 0.05) is 24.2 Å². The number of quaternary nitrogens is 1. The third-order valence-corrected chi connectivity index (χ3v) is 5.05. The SMILES string of the molecule is COc1cccc(Cn2cccc2C[NH+](Cc2cccc(C#N)c2)CC(C)C)c1. The second-order valence-corrected chi connectivity index (χ2v) is 7.99. The second kappa shape index (κ2) is 9.95. The predicted molar refractivity (Wildman–Crippen MR) is 116 cm³/mol. The molecule has 0 aliphatic rings. The van der Waals surface area contributed by atoms with Gasteiger partial charge in [0.15, 0.2) is 0 Å². The molecule has 0 bridgehead atoms. The summed E-state index contributed by atoms with van der Waals surface area (Å²) in [5.41, 5.74) is 4.49. The van der Waals surface area contributed by atoms with Crippen LogP contribution in [0, 0.1) is 17.2 Å². The first kappa shape index (κ1) is 20.7. The molecular formula is C25H30N3O+. The molecule has 3 aromatic rings. The van der Waals surface area contributed by atoms with Gasteiger partial charge < -0.3 is 14.2 Å². The zero-order valence-corrected chi connectivity index (χ0v) is 17.6. The Balaban J connectivity index is 1.76. The van der Waals surface area contributed by atoms with Crippen molar-refractivity contribution in [2.75, 3.05) is 13.7 Å². The molecule has 0 aliphatic heterocycles. The minimum atomic E-state index is 0.603. The summed E-state index contributed by atoms with van der Waals surface area (Å²) in [7, 11) is 1.70. The Bertz CT molecular complexity index is 968. The van der Waals surface area contributed by atoms with Gasteiger partial charge in [-0.1, -0.05) is 38.1 Å². The van der Waals surface area contributed by atoms with Crippen molar-refractivity contribution in [3.05, 3.63) is 89.2 Å². The lowest BCUT2D eigenvalue weighted by Crippen LogP contribution is -3.10. The molecule has 1 heterocycles. The fraction of sp³-hybridized carbons (Fsp3) is 0.320. The number of benzene rings is 2. The third kappa shape index (κ3) is 5.97. The van der Waals surface area contributed by atoms with E-state index in [1.807, 2.05) is 30.3 Å². The van der Waals surface area contributed by atoms with E-state index in [1.165, 1.54) is 21.7 Å². The molecule has 29 heavy (non-hydrogen) atoms. The zero-order valence-electron chi connectivity index (χ0n) is 17.6. The molecule has 2 aromatic carbocycles. The largest absolute Gasteiger partial charge is 0.497 e. The van der Waals surface area contributed by atoms with Crippen LogP contribution < -0.4 is 9.64 Å². The number of methoxy groups -OCH3 is 1. The monoisotopic (exact) mass is 388 g/mol. The molecule has 1 atom stereocenters. The second-order valence-electron chi connectivity index (χ2n) is 7.99. The summed E-state index contributed by atoms with van der Waals surface area (Å²) in [6.45, 7) is 8.31. The lowest BCUT2D eigenvalue weighted by Gasteiger charge is -2.22. The minimum Gasteiger partial charge on any atom is -0.497 e. The van der Waals surface area contributed by atoms with Gasteiger partial charge in [-0.05, 0) is 42.0 Å². The summed E-state index contributed by atoms with van der Waals surface area (Å²) in [5, 5.41) is 9.19. The fourth-order valence-electron chi connectivity index (χ4n) is 3.81. The Labute approximate surface area is 174 Å². The van der Waals surface area contributed by atoms with Crippen molar-refractivity contribution in [2.24, 2.45) is 5.92 Å². The molecule has 0 aliphatic carbocycles. The maximum absolute atomic E-state index is 9.19. The number of nitrogens with one attached hydrogen (secondary N) is 1. The lowest BCUT2D eigenvalue weighted by molar-refractivity contribution is -0.930. The fourth-order valence-corrected chi connectivity index (χ4v) is 3.81. The summed E-state index contributed by atoms with van der Waals surface area (Å²) in [6, 6.07) is 22.8. The molecule has 0 radical (unpaired) electrons. The van der Waals surface area contributed by atoms with Gasteiger partial charge >= 0.3 is 0 Å². The van der Waals surface area contributed by atoms with E-state index in [1.54, 1.807) is 7.11 Å². The molecule has 0 saturated carbocycles. The average Bonchev–Trinajstić information content (AvgIpc) is 3.14. The highest BCUT2D eigenvalue weighted by Crippen LogP contribution is 2.15. The Morgan fingerprint density at radius 1 is 1.00 bits per heavy atom. The number of nitrogens with zero attached hydrogens (tertiary/aromatic N) is 2. The summed E-state index contributed by atoms with van der Waals surface area (Å²) in [6.07, 6.45) is 2.15. The smallest absolute Gasteiger partial charge is 0.119 e.